The van der Waals surface area contributed by atoms with E-state index in [0.29, 0.717) is 23.5 Å². The topological polar surface area (TPSA) is 82.9 Å². The largest absolute Gasteiger partial charge is 0.498 e. The van der Waals surface area contributed by atoms with Gasteiger partial charge in [0.2, 0.25) is 0 Å². The zero-order valence-electron chi connectivity index (χ0n) is 18.2. The van der Waals surface area contributed by atoms with Crippen LogP contribution in [0.4, 0.5) is 11.4 Å². The number of benzene rings is 1. The number of ether oxygens (including phenoxy) is 1. The van der Waals surface area contributed by atoms with Gasteiger partial charge in [-0.05, 0) is 47.0 Å². The molecule has 1 saturated carbocycles. The molecular weight excluding hydrogens is 371 g/mol. The second kappa shape index (κ2) is 8.52. The summed E-state index contributed by atoms with van der Waals surface area (Å²) in [5.74, 6) is 0.578. The maximum Gasteiger partial charge on any atom is 0.498 e. The molecule has 2 fully saturated rings. The summed E-state index contributed by atoms with van der Waals surface area (Å²) < 4.78 is 18.3. The highest BCUT2D eigenvalue weighted by atomic mass is 16.7. The Labute approximate surface area is 173 Å². The van der Waals surface area contributed by atoms with Gasteiger partial charge in [-0.25, -0.2) is 0 Å². The summed E-state index contributed by atoms with van der Waals surface area (Å²) >= 11 is 0. The van der Waals surface area contributed by atoms with Crippen LogP contribution in [0.1, 0.15) is 73.1 Å². The van der Waals surface area contributed by atoms with E-state index in [-0.39, 0.29) is 16.7 Å². The average Bonchev–Trinajstić information content (AvgIpc) is 2.87. The molecule has 0 aromatic heterocycles. The van der Waals surface area contributed by atoms with Crippen molar-refractivity contribution in [2.75, 3.05) is 11.9 Å². The number of hydrogen-bond donors (Lipinski definition) is 1. The lowest BCUT2D eigenvalue weighted by atomic mass is 9.77. The summed E-state index contributed by atoms with van der Waals surface area (Å²) in [5.41, 5.74) is 0.0384. The van der Waals surface area contributed by atoms with E-state index in [2.05, 4.69) is 5.32 Å². The first kappa shape index (κ1) is 21.9. The van der Waals surface area contributed by atoms with E-state index in [0.717, 1.165) is 32.1 Å². The van der Waals surface area contributed by atoms with Crippen molar-refractivity contribution in [2.45, 2.75) is 90.4 Å². The van der Waals surface area contributed by atoms with E-state index < -0.39 is 18.3 Å². The molecular formula is C21H33BN2O5. The van der Waals surface area contributed by atoms with Gasteiger partial charge in [-0.1, -0.05) is 26.2 Å². The fourth-order valence-corrected chi connectivity index (χ4v) is 3.81. The maximum atomic E-state index is 11.9. The van der Waals surface area contributed by atoms with E-state index in [1.807, 2.05) is 34.6 Å². The zero-order valence-corrected chi connectivity index (χ0v) is 18.2. The summed E-state index contributed by atoms with van der Waals surface area (Å²) in [6.07, 6.45) is 6.42. The van der Waals surface area contributed by atoms with Gasteiger partial charge < -0.3 is 19.4 Å². The lowest BCUT2D eigenvalue weighted by Crippen LogP contribution is -2.41. The fourth-order valence-electron chi connectivity index (χ4n) is 3.81. The Bertz CT molecular complexity index is 731. The third-order valence-electron chi connectivity index (χ3n) is 6.26. The van der Waals surface area contributed by atoms with Crippen LogP contribution >= 0.6 is 0 Å². The number of nitrogens with one attached hydrogen (secondary N) is 1. The molecule has 29 heavy (non-hydrogen) atoms. The molecule has 7 nitrogen and oxygen atoms in total. The van der Waals surface area contributed by atoms with E-state index in [1.54, 1.807) is 12.1 Å². The summed E-state index contributed by atoms with van der Waals surface area (Å²) in [6, 6.07) is 3.56. The zero-order chi connectivity index (χ0) is 21.2. The molecule has 0 bridgehead atoms. The van der Waals surface area contributed by atoms with Gasteiger partial charge in [-0.15, -0.1) is 0 Å². The van der Waals surface area contributed by atoms with Crippen molar-refractivity contribution in [1.82, 2.24) is 0 Å². The van der Waals surface area contributed by atoms with E-state index in [9.17, 15) is 10.1 Å². The SMILES string of the molecule is CCCOc1cc(NC2CCCCC2)c([N+](=O)[O-])cc1B1OC(C)(C)C(C)(C)O1. The Morgan fingerprint density at radius 2 is 1.79 bits per heavy atom. The van der Waals surface area contributed by atoms with Crippen molar-refractivity contribution in [3.05, 3.63) is 22.2 Å². The third-order valence-corrected chi connectivity index (χ3v) is 6.26. The van der Waals surface area contributed by atoms with Gasteiger partial charge in [-0.3, -0.25) is 10.1 Å². The molecule has 2 aliphatic rings. The molecule has 3 rings (SSSR count). The van der Waals surface area contributed by atoms with Crippen LogP contribution in [0.25, 0.3) is 0 Å². The molecule has 1 saturated heterocycles. The summed E-state index contributed by atoms with van der Waals surface area (Å²) in [4.78, 5) is 11.5. The Morgan fingerprint density at radius 1 is 1.17 bits per heavy atom. The average molecular weight is 404 g/mol. The number of nitrogens with zero attached hydrogens (tertiary/aromatic N) is 1. The van der Waals surface area contributed by atoms with Crippen molar-refractivity contribution in [3.63, 3.8) is 0 Å². The standard InChI is InChI=1S/C21H33BN2O5/c1-6-12-27-19-14-17(23-15-10-8-7-9-11-15)18(24(25)26)13-16(19)22-28-20(2,3)21(4,5)29-22/h13-15,23H,6-12H2,1-5H3. The maximum absolute atomic E-state index is 11.9. The lowest BCUT2D eigenvalue weighted by Gasteiger charge is -2.32. The van der Waals surface area contributed by atoms with Crippen molar-refractivity contribution in [1.29, 1.82) is 0 Å². The molecule has 0 spiro atoms. The number of nitro groups is 1. The van der Waals surface area contributed by atoms with Crippen LogP contribution in [0.5, 0.6) is 5.75 Å². The fraction of sp³-hybridized carbons (Fsp3) is 0.714. The third kappa shape index (κ3) is 4.69. The molecule has 1 aromatic rings. The van der Waals surface area contributed by atoms with Crippen molar-refractivity contribution in [2.24, 2.45) is 0 Å². The van der Waals surface area contributed by atoms with Gasteiger partial charge in [0.25, 0.3) is 5.69 Å². The quantitative estimate of drug-likeness (QED) is 0.411. The molecule has 1 aliphatic heterocycles. The van der Waals surface area contributed by atoms with E-state index >= 15 is 0 Å². The Balaban J connectivity index is 1.98. The van der Waals surface area contributed by atoms with Gasteiger partial charge in [-0.2, -0.15) is 0 Å². The predicted molar refractivity (Wildman–Crippen MR) is 115 cm³/mol. The van der Waals surface area contributed by atoms with Gasteiger partial charge in [0.1, 0.15) is 11.4 Å². The van der Waals surface area contributed by atoms with E-state index in [4.69, 9.17) is 14.0 Å². The van der Waals surface area contributed by atoms with Crippen LogP contribution in [0.3, 0.4) is 0 Å². The molecule has 0 radical (unpaired) electrons. The molecule has 160 valence electrons. The second-order valence-corrected chi connectivity index (χ2v) is 9.08. The minimum absolute atomic E-state index is 0.0316. The predicted octanol–water partition coefficient (Wildman–Crippen LogP) is 4.43. The van der Waals surface area contributed by atoms with Gasteiger partial charge >= 0.3 is 7.12 Å². The number of hydrogen-bond acceptors (Lipinski definition) is 6. The normalized spacial score (nSPS) is 21.2. The molecule has 0 amide bonds. The van der Waals surface area contributed by atoms with Crippen LogP contribution < -0.4 is 15.5 Å². The first-order valence-electron chi connectivity index (χ1n) is 10.7. The molecule has 8 heteroatoms. The molecule has 0 unspecified atom stereocenters. The Hall–Kier alpha value is -1.80. The molecule has 1 aliphatic carbocycles. The van der Waals surface area contributed by atoms with E-state index in [1.165, 1.54) is 6.42 Å². The first-order valence-corrected chi connectivity index (χ1v) is 10.7. The van der Waals surface area contributed by atoms with Crippen molar-refractivity contribution < 1.29 is 19.0 Å². The number of anilines is 1. The molecule has 0 atom stereocenters. The van der Waals surface area contributed by atoms with Crippen LogP contribution in [0.2, 0.25) is 0 Å². The molecule has 1 heterocycles. The number of rotatable bonds is 7. The summed E-state index contributed by atoms with van der Waals surface area (Å²) in [6.45, 7) is 10.4. The minimum Gasteiger partial charge on any atom is -0.494 e. The van der Waals surface area contributed by atoms with Crippen molar-refractivity contribution >= 4 is 24.0 Å². The molecule has 1 N–H and O–H groups in total. The van der Waals surface area contributed by atoms with Crippen molar-refractivity contribution in [3.8, 4) is 5.75 Å². The summed E-state index contributed by atoms with van der Waals surface area (Å²) in [7, 11) is -0.714. The highest BCUT2D eigenvalue weighted by Gasteiger charge is 2.53. The highest BCUT2D eigenvalue weighted by molar-refractivity contribution is 6.63. The van der Waals surface area contributed by atoms with Crippen LogP contribution in [0, 0.1) is 10.1 Å². The first-order chi connectivity index (χ1) is 13.6. The smallest absolute Gasteiger partial charge is 0.494 e. The van der Waals surface area contributed by atoms with Gasteiger partial charge in [0, 0.05) is 23.6 Å². The van der Waals surface area contributed by atoms with Gasteiger partial charge in [0.15, 0.2) is 0 Å². The Morgan fingerprint density at radius 3 is 2.34 bits per heavy atom. The highest BCUT2D eigenvalue weighted by Crippen LogP contribution is 2.39. The monoisotopic (exact) mass is 404 g/mol. The van der Waals surface area contributed by atoms with Crippen LogP contribution in [-0.2, 0) is 9.31 Å². The minimum atomic E-state index is -0.714. The van der Waals surface area contributed by atoms with Crippen LogP contribution in [-0.4, -0.2) is 35.9 Å². The molecule has 1 aromatic carbocycles. The lowest BCUT2D eigenvalue weighted by molar-refractivity contribution is -0.383. The number of nitro benzene ring substituents is 1. The Kier molecular flexibility index (Phi) is 6.43. The summed E-state index contributed by atoms with van der Waals surface area (Å²) in [5, 5.41) is 15.2. The van der Waals surface area contributed by atoms with Crippen LogP contribution in [0.15, 0.2) is 12.1 Å². The van der Waals surface area contributed by atoms with Gasteiger partial charge in [0.05, 0.1) is 22.7 Å². The second-order valence-electron chi connectivity index (χ2n) is 9.08.